The predicted octanol–water partition coefficient (Wildman–Crippen LogP) is 1.66. The topological polar surface area (TPSA) is 49.4 Å². The van der Waals surface area contributed by atoms with Crippen LogP contribution in [0.5, 0.6) is 0 Å². The first-order valence-electron chi connectivity index (χ1n) is 6.53. The molecule has 2 aromatic rings. The Morgan fingerprint density at radius 2 is 1.62 bits per heavy atom. The van der Waals surface area contributed by atoms with Crippen molar-refractivity contribution in [1.29, 1.82) is 0 Å². The van der Waals surface area contributed by atoms with Gasteiger partial charge in [-0.3, -0.25) is 0 Å². The molecule has 2 amide bonds. The van der Waals surface area contributed by atoms with Gasteiger partial charge < -0.3 is 0 Å². The summed E-state index contributed by atoms with van der Waals surface area (Å²) in [6.45, 7) is 1.46. The number of carbonyl (C=O) groups is 2. The fourth-order valence-corrected chi connectivity index (χ4v) is 3.86. The second-order valence-electron chi connectivity index (χ2n) is 4.60. The van der Waals surface area contributed by atoms with Gasteiger partial charge >= 0.3 is 130 Å². The number of hydrogen-bond donors (Lipinski definition) is 1. The maximum absolute atomic E-state index is 12.4. The van der Waals surface area contributed by atoms with Crippen LogP contribution in [0.4, 0.5) is 5.69 Å². The van der Waals surface area contributed by atoms with Gasteiger partial charge in [-0.1, -0.05) is 0 Å². The minimum atomic E-state index is -0.657. The summed E-state index contributed by atoms with van der Waals surface area (Å²) in [5.41, 5.74) is 1.33. The molecule has 0 aliphatic rings. The number of amides is 2. The van der Waals surface area contributed by atoms with Gasteiger partial charge in [-0.05, 0) is 0 Å². The monoisotopic (exact) mass is 342 g/mol. The fourth-order valence-electron chi connectivity index (χ4n) is 1.85. The number of nitrogens with zero attached hydrogens (tertiary/aromatic N) is 1. The molecule has 0 fully saturated rings. The molecule has 2 radical (unpaired) electrons. The van der Waals surface area contributed by atoms with Gasteiger partial charge in [-0.25, -0.2) is 0 Å². The van der Waals surface area contributed by atoms with Crippen LogP contribution in [0.3, 0.4) is 0 Å². The average Bonchev–Trinajstić information content (AvgIpc) is 2.47. The van der Waals surface area contributed by atoms with Crippen molar-refractivity contribution in [1.82, 2.24) is 3.86 Å². The van der Waals surface area contributed by atoms with E-state index in [1.807, 2.05) is 37.4 Å². The summed E-state index contributed by atoms with van der Waals surface area (Å²) in [7, 11) is 1.83. The van der Waals surface area contributed by atoms with Crippen LogP contribution in [0.25, 0.3) is 0 Å². The predicted molar refractivity (Wildman–Crippen MR) is 84.7 cm³/mol. The van der Waals surface area contributed by atoms with Gasteiger partial charge in [-0.15, -0.1) is 0 Å². The van der Waals surface area contributed by atoms with E-state index in [0.717, 1.165) is 0 Å². The van der Waals surface area contributed by atoms with E-state index < -0.39 is 15.7 Å². The van der Waals surface area contributed by atoms with E-state index >= 15 is 0 Å². The van der Waals surface area contributed by atoms with Crippen molar-refractivity contribution in [3.05, 3.63) is 60.2 Å². The normalized spacial score (nSPS) is 10.0. The van der Waals surface area contributed by atoms with E-state index in [-0.39, 0.29) is 11.8 Å². The molecule has 0 saturated heterocycles. The quantitative estimate of drug-likeness (QED) is 0.861. The number of hydrogen-bond acceptors (Lipinski definition) is 2. The molecule has 0 bridgehead atoms. The van der Waals surface area contributed by atoms with E-state index in [4.69, 9.17) is 0 Å². The Labute approximate surface area is 130 Å². The molecule has 4 nitrogen and oxygen atoms in total. The molecule has 0 aliphatic heterocycles. The van der Waals surface area contributed by atoms with Crippen molar-refractivity contribution < 1.29 is 9.59 Å². The van der Waals surface area contributed by atoms with Crippen molar-refractivity contribution in [2.75, 3.05) is 12.4 Å². The Bertz CT molecular complexity index is 626. The molecular formula is C16H16GeN2O2. The van der Waals surface area contributed by atoms with Crippen LogP contribution >= 0.6 is 0 Å². The summed E-state index contributed by atoms with van der Waals surface area (Å²) < 4.78 is 3.01. The summed E-state index contributed by atoms with van der Waals surface area (Å²) in [5.74, 6) is -0.116. The van der Waals surface area contributed by atoms with Gasteiger partial charge in [-0.2, -0.15) is 0 Å². The third-order valence-electron chi connectivity index (χ3n) is 2.83. The molecule has 0 aliphatic carbocycles. The molecule has 0 saturated carbocycles. The summed E-state index contributed by atoms with van der Waals surface area (Å²) in [4.78, 5) is 23.3. The second kappa shape index (κ2) is 7.08. The van der Waals surface area contributed by atoms with Gasteiger partial charge in [0.2, 0.25) is 0 Å². The molecule has 0 aromatic heterocycles. The molecule has 1 N–H and O–H groups in total. The van der Waals surface area contributed by atoms with Gasteiger partial charge in [0.1, 0.15) is 0 Å². The zero-order valence-electron chi connectivity index (χ0n) is 12.0. The van der Waals surface area contributed by atoms with Crippen molar-refractivity contribution in [2.45, 2.75) is 6.92 Å². The van der Waals surface area contributed by atoms with Crippen LogP contribution in [0.2, 0.25) is 0 Å². The van der Waals surface area contributed by atoms with Crippen molar-refractivity contribution in [2.24, 2.45) is 0 Å². The Balaban J connectivity index is 2.03. The minimum absolute atomic E-state index is 0.00762. The third kappa shape index (κ3) is 4.46. The number of carbonyl (C=O) groups excluding carboxylic acids is 2. The maximum atomic E-state index is 12.4. The summed E-state index contributed by atoms with van der Waals surface area (Å²) in [6.07, 6.45) is 0. The number of benzene rings is 2. The fraction of sp³-hybridized carbons (Fsp3) is 0.125. The van der Waals surface area contributed by atoms with E-state index in [1.54, 1.807) is 28.1 Å². The van der Waals surface area contributed by atoms with Crippen LogP contribution in [-0.4, -0.2) is 38.4 Å². The van der Waals surface area contributed by atoms with Gasteiger partial charge in [0.15, 0.2) is 0 Å². The van der Waals surface area contributed by atoms with E-state index in [0.29, 0.717) is 11.3 Å². The molecule has 0 heterocycles. The Kier molecular flexibility index (Phi) is 5.16. The van der Waals surface area contributed by atoms with Crippen LogP contribution in [0.1, 0.15) is 17.3 Å². The Morgan fingerprint density at radius 3 is 2.19 bits per heavy atom. The third-order valence-corrected chi connectivity index (χ3v) is 5.20. The van der Waals surface area contributed by atoms with E-state index in [2.05, 4.69) is 5.32 Å². The molecule has 106 valence electrons. The van der Waals surface area contributed by atoms with Crippen LogP contribution in [0.15, 0.2) is 54.6 Å². The van der Waals surface area contributed by atoms with Gasteiger partial charge in [0, 0.05) is 0 Å². The van der Waals surface area contributed by atoms with Crippen molar-refractivity contribution in [3.8, 4) is 0 Å². The number of rotatable bonds is 4. The molecule has 2 aromatic carbocycles. The summed E-state index contributed by atoms with van der Waals surface area (Å²) in [5, 5.41) is 2.68. The number of anilines is 1. The first-order valence-corrected chi connectivity index (χ1v) is 8.52. The first-order chi connectivity index (χ1) is 10.1. The van der Waals surface area contributed by atoms with Crippen LogP contribution in [-0.2, 0) is 4.79 Å². The van der Waals surface area contributed by atoms with Gasteiger partial charge in [0.25, 0.3) is 0 Å². The van der Waals surface area contributed by atoms with Gasteiger partial charge in [0.05, 0.1) is 0 Å². The van der Waals surface area contributed by atoms with Crippen molar-refractivity contribution in [3.63, 3.8) is 0 Å². The zero-order valence-corrected chi connectivity index (χ0v) is 14.1. The van der Waals surface area contributed by atoms with E-state index in [9.17, 15) is 9.59 Å². The Morgan fingerprint density at radius 1 is 1.00 bits per heavy atom. The standard InChI is InChI=1S/C16H16GeN2O2/c1-12(20)18-15-10-8-13(9-11-15)16(21)19(2)17-14-6-4-3-5-7-14/h3-11H,1-2H3,(H,18,20). The Hall–Kier alpha value is -2.08. The summed E-state index contributed by atoms with van der Waals surface area (Å²) >= 11 is -0.657. The average molecular weight is 341 g/mol. The molecule has 0 unspecified atom stereocenters. The first kappa shape index (κ1) is 15.3. The van der Waals surface area contributed by atoms with Crippen LogP contribution < -0.4 is 9.71 Å². The second-order valence-corrected chi connectivity index (χ2v) is 7.69. The van der Waals surface area contributed by atoms with Crippen molar-refractivity contribution >= 4 is 37.6 Å². The molecule has 2 rings (SSSR count). The molecular weight excluding hydrogens is 325 g/mol. The molecule has 21 heavy (non-hydrogen) atoms. The molecule has 0 spiro atoms. The summed E-state index contributed by atoms with van der Waals surface area (Å²) in [6, 6.07) is 17.0. The number of nitrogens with one attached hydrogen (secondary N) is 1. The zero-order chi connectivity index (χ0) is 15.2. The SMILES string of the molecule is CC(=O)Nc1ccc(C(=O)[N](C)[Ge][c]2ccccc2)cc1. The van der Waals surface area contributed by atoms with E-state index in [1.165, 1.54) is 11.3 Å². The molecule has 0 atom stereocenters. The molecule has 5 heteroatoms. The van der Waals surface area contributed by atoms with Crippen LogP contribution in [0, 0.1) is 0 Å².